The average molecular weight is 389 g/mol. The van der Waals surface area contributed by atoms with Crippen LogP contribution in [-0.4, -0.2) is 40.0 Å². The van der Waals surface area contributed by atoms with Crippen LogP contribution < -0.4 is 5.48 Å². The second-order valence-corrected chi connectivity index (χ2v) is 7.84. The Hall–Kier alpha value is -1.55. The van der Waals surface area contributed by atoms with E-state index in [9.17, 15) is 13.2 Å². The standard InChI is InChI=1S/C16H23NO6S2/c1-12-5-7-15(8-6-12)25(19,20)23-17-14(3)24-11-16(18)22-10-9-13(2)21-4/h5-8,13,17H,3,9-11H2,1-2,4H3. The van der Waals surface area contributed by atoms with Crippen molar-refractivity contribution in [2.45, 2.75) is 31.3 Å². The molecule has 0 aromatic heterocycles. The lowest BCUT2D eigenvalue weighted by molar-refractivity contribution is -0.141. The molecule has 0 heterocycles. The van der Waals surface area contributed by atoms with Crippen LogP contribution in [0.1, 0.15) is 18.9 Å². The minimum Gasteiger partial charge on any atom is -0.465 e. The van der Waals surface area contributed by atoms with E-state index >= 15 is 0 Å². The van der Waals surface area contributed by atoms with Crippen LogP contribution in [0.15, 0.2) is 40.8 Å². The third kappa shape index (κ3) is 8.39. The van der Waals surface area contributed by atoms with Crippen molar-refractivity contribution in [3.05, 3.63) is 41.4 Å². The molecule has 0 bridgehead atoms. The van der Waals surface area contributed by atoms with E-state index in [0.717, 1.165) is 17.3 Å². The number of nitrogens with one attached hydrogen (secondary N) is 1. The largest absolute Gasteiger partial charge is 0.465 e. The Morgan fingerprint density at radius 3 is 2.56 bits per heavy atom. The third-order valence-electron chi connectivity index (χ3n) is 3.13. The Morgan fingerprint density at radius 1 is 1.32 bits per heavy atom. The number of ether oxygens (including phenoxy) is 2. The molecule has 1 atom stereocenters. The van der Waals surface area contributed by atoms with Gasteiger partial charge in [-0.15, -0.1) is 4.28 Å². The van der Waals surface area contributed by atoms with Gasteiger partial charge in [0.15, 0.2) is 0 Å². The van der Waals surface area contributed by atoms with Crippen LogP contribution in [0.4, 0.5) is 0 Å². The fraction of sp³-hybridized carbons (Fsp3) is 0.438. The monoisotopic (exact) mass is 389 g/mol. The molecule has 0 radical (unpaired) electrons. The van der Waals surface area contributed by atoms with Gasteiger partial charge >= 0.3 is 16.1 Å². The summed E-state index contributed by atoms with van der Waals surface area (Å²) in [4.78, 5) is 11.6. The maximum absolute atomic E-state index is 12.0. The van der Waals surface area contributed by atoms with Crippen molar-refractivity contribution in [3.8, 4) is 0 Å². The van der Waals surface area contributed by atoms with Crippen LogP contribution in [0.25, 0.3) is 0 Å². The van der Waals surface area contributed by atoms with Crippen LogP contribution in [0.5, 0.6) is 0 Å². The molecule has 25 heavy (non-hydrogen) atoms. The molecule has 7 nitrogen and oxygen atoms in total. The molecule has 0 aliphatic carbocycles. The molecule has 1 aromatic carbocycles. The number of aryl methyl sites for hydroxylation is 1. The molecular weight excluding hydrogens is 366 g/mol. The van der Waals surface area contributed by atoms with Gasteiger partial charge in [0.05, 0.1) is 28.4 Å². The molecule has 0 aliphatic rings. The van der Waals surface area contributed by atoms with Crippen LogP contribution in [0.3, 0.4) is 0 Å². The fourth-order valence-electron chi connectivity index (χ4n) is 1.53. The van der Waals surface area contributed by atoms with E-state index in [1.54, 1.807) is 19.2 Å². The lowest BCUT2D eigenvalue weighted by Gasteiger charge is -2.11. The predicted octanol–water partition coefficient (Wildman–Crippen LogP) is 2.38. The van der Waals surface area contributed by atoms with Gasteiger partial charge in [0.1, 0.15) is 0 Å². The number of carbonyl (C=O) groups excluding carboxylic acids is 1. The highest BCUT2D eigenvalue weighted by atomic mass is 32.2. The molecule has 0 amide bonds. The normalized spacial score (nSPS) is 12.4. The van der Waals surface area contributed by atoms with Gasteiger partial charge in [-0.3, -0.25) is 4.79 Å². The summed E-state index contributed by atoms with van der Waals surface area (Å²) in [5, 5.41) is 0.179. The SMILES string of the molecule is C=C(NOS(=O)(=O)c1ccc(C)cc1)SCC(=O)OCCC(C)OC. The minimum absolute atomic E-state index is 0.0115. The first-order chi connectivity index (χ1) is 11.7. The summed E-state index contributed by atoms with van der Waals surface area (Å²) in [6.45, 7) is 7.58. The molecule has 140 valence electrons. The van der Waals surface area contributed by atoms with Crippen LogP contribution >= 0.6 is 11.8 Å². The van der Waals surface area contributed by atoms with Gasteiger partial charge in [-0.25, -0.2) is 5.48 Å². The molecule has 0 aliphatic heterocycles. The zero-order valence-corrected chi connectivity index (χ0v) is 16.1. The molecule has 0 fully saturated rings. The summed E-state index contributed by atoms with van der Waals surface area (Å²) in [5.41, 5.74) is 3.16. The van der Waals surface area contributed by atoms with Crippen LogP contribution in [0.2, 0.25) is 0 Å². The highest BCUT2D eigenvalue weighted by Gasteiger charge is 2.16. The van der Waals surface area contributed by atoms with E-state index in [-0.39, 0.29) is 28.4 Å². The van der Waals surface area contributed by atoms with Crippen LogP contribution in [0, 0.1) is 6.92 Å². The lowest BCUT2D eigenvalue weighted by atomic mass is 10.2. The number of hydroxylamine groups is 1. The predicted molar refractivity (Wildman–Crippen MR) is 96.2 cm³/mol. The van der Waals surface area contributed by atoms with E-state index in [1.165, 1.54) is 12.1 Å². The molecule has 1 rings (SSSR count). The van der Waals surface area contributed by atoms with Gasteiger partial charge in [-0.1, -0.05) is 36.0 Å². The summed E-state index contributed by atoms with van der Waals surface area (Å²) in [6, 6.07) is 6.22. The second-order valence-electron chi connectivity index (χ2n) is 5.22. The fourth-order valence-corrected chi connectivity index (χ4v) is 2.83. The van der Waals surface area contributed by atoms with E-state index in [4.69, 9.17) is 13.8 Å². The topological polar surface area (TPSA) is 90.9 Å². The minimum atomic E-state index is -3.95. The Kier molecular flexibility index (Phi) is 8.98. The number of methoxy groups -OCH3 is 1. The Morgan fingerprint density at radius 2 is 1.96 bits per heavy atom. The first-order valence-electron chi connectivity index (χ1n) is 7.51. The second kappa shape index (κ2) is 10.4. The van der Waals surface area contributed by atoms with Gasteiger partial charge in [0, 0.05) is 13.5 Å². The Bertz CT molecular complexity index is 672. The summed E-state index contributed by atoms with van der Waals surface area (Å²) < 4.78 is 38.7. The number of carbonyl (C=O) groups is 1. The number of hydrogen-bond donors (Lipinski definition) is 1. The first kappa shape index (κ1) is 21.5. The van der Waals surface area contributed by atoms with Crippen molar-refractivity contribution in [2.75, 3.05) is 19.5 Å². The molecular formula is C16H23NO6S2. The Labute approximate surface area is 152 Å². The molecule has 0 spiro atoms. The van der Waals surface area contributed by atoms with E-state index in [2.05, 4.69) is 12.1 Å². The number of thioether (sulfide) groups is 1. The Balaban J connectivity index is 2.32. The number of hydrogen-bond acceptors (Lipinski definition) is 8. The van der Waals surface area contributed by atoms with Crippen molar-refractivity contribution in [3.63, 3.8) is 0 Å². The van der Waals surface area contributed by atoms with Crippen molar-refractivity contribution in [1.82, 2.24) is 5.48 Å². The molecule has 1 unspecified atom stereocenters. The summed E-state index contributed by atoms with van der Waals surface area (Å²) in [6.07, 6.45) is 0.613. The highest BCUT2D eigenvalue weighted by molar-refractivity contribution is 8.03. The van der Waals surface area contributed by atoms with E-state index in [0.29, 0.717) is 6.42 Å². The van der Waals surface area contributed by atoms with Gasteiger partial charge in [0.2, 0.25) is 0 Å². The first-order valence-corrected chi connectivity index (χ1v) is 9.90. The molecule has 1 N–H and O–H groups in total. The molecule has 0 saturated heterocycles. The van der Waals surface area contributed by atoms with Crippen molar-refractivity contribution in [1.29, 1.82) is 0 Å². The zero-order chi connectivity index (χ0) is 18.9. The summed E-state index contributed by atoms with van der Waals surface area (Å²) in [7, 11) is -2.37. The highest BCUT2D eigenvalue weighted by Crippen LogP contribution is 2.15. The maximum Gasteiger partial charge on any atom is 0.317 e. The number of benzene rings is 1. The number of rotatable bonds is 11. The smallest absolute Gasteiger partial charge is 0.317 e. The summed E-state index contributed by atoms with van der Waals surface area (Å²) in [5.74, 6) is -0.445. The van der Waals surface area contributed by atoms with Crippen LogP contribution in [-0.2, 0) is 28.7 Å². The quantitative estimate of drug-likeness (QED) is 0.456. The van der Waals surface area contributed by atoms with Gasteiger partial charge < -0.3 is 9.47 Å². The molecule has 9 heteroatoms. The van der Waals surface area contributed by atoms with Crippen molar-refractivity contribution < 1.29 is 27.0 Å². The maximum atomic E-state index is 12.0. The summed E-state index contributed by atoms with van der Waals surface area (Å²) >= 11 is 0.987. The van der Waals surface area contributed by atoms with E-state index in [1.807, 2.05) is 13.8 Å². The van der Waals surface area contributed by atoms with Gasteiger partial charge in [-0.2, -0.15) is 8.42 Å². The van der Waals surface area contributed by atoms with Gasteiger partial charge in [0.25, 0.3) is 0 Å². The zero-order valence-electron chi connectivity index (χ0n) is 14.5. The molecule has 0 saturated carbocycles. The number of esters is 1. The molecule has 1 aromatic rings. The van der Waals surface area contributed by atoms with Crippen molar-refractivity contribution in [2.24, 2.45) is 0 Å². The lowest BCUT2D eigenvalue weighted by Crippen LogP contribution is -2.19. The average Bonchev–Trinajstić information content (AvgIpc) is 2.58. The van der Waals surface area contributed by atoms with E-state index < -0.39 is 16.1 Å². The van der Waals surface area contributed by atoms with Crippen molar-refractivity contribution >= 4 is 27.8 Å². The third-order valence-corrected chi connectivity index (χ3v) is 5.09. The van der Waals surface area contributed by atoms with Gasteiger partial charge in [-0.05, 0) is 26.0 Å².